The first-order valence-corrected chi connectivity index (χ1v) is 9.33. The number of amides is 1. The predicted octanol–water partition coefficient (Wildman–Crippen LogP) is 2.72. The van der Waals surface area contributed by atoms with Crippen molar-refractivity contribution in [1.29, 1.82) is 0 Å². The summed E-state index contributed by atoms with van der Waals surface area (Å²) >= 11 is 0. The highest BCUT2D eigenvalue weighted by atomic mass is 16.7. The maximum Gasteiger partial charge on any atom is 0.257 e. The van der Waals surface area contributed by atoms with E-state index in [2.05, 4.69) is 31.1 Å². The number of carbonyl (C=O) groups is 1. The van der Waals surface area contributed by atoms with Crippen molar-refractivity contribution in [1.82, 2.24) is 14.7 Å². The van der Waals surface area contributed by atoms with Crippen molar-refractivity contribution >= 4 is 5.91 Å². The third-order valence-corrected chi connectivity index (χ3v) is 5.34. The molecular formula is C20H25N3O3. The molecule has 4 rings (SSSR count). The number of rotatable bonds is 3. The Hall–Kier alpha value is -2.18. The minimum atomic E-state index is -0.462. The molecule has 2 aliphatic heterocycles. The molecule has 26 heavy (non-hydrogen) atoms. The van der Waals surface area contributed by atoms with E-state index in [-0.39, 0.29) is 5.91 Å². The number of piperidine rings is 1. The first-order valence-electron chi connectivity index (χ1n) is 9.33. The Bertz CT molecular complexity index is 781. The van der Waals surface area contributed by atoms with Gasteiger partial charge in [0.15, 0.2) is 5.79 Å². The maximum atomic E-state index is 13.1. The lowest BCUT2D eigenvalue weighted by atomic mass is 10.0. The molecule has 1 aromatic heterocycles. The highest BCUT2D eigenvalue weighted by molar-refractivity contribution is 5.95. The maximum absolute atomic E-state index is 13.1. The van der Waals surface area contributed by atoms with Crippen LogP contribution in [0.2, 0.25) is 0 Å². The Kier molecular flexibility index (Phi) is 4.54. The van der Waals surface area contributed by atoms with E-state index in [1.165, 1.54) is 5.56 Å². The fourth-order valence-electron chi connectivity index (χ4n) is 3.81. The molecule has 2 fully saturated rings. The molecule has 0 radical (unpaired) electrons. The van der Waals surface area contributed by atoms with Crippen LogP contribution in [0.3, 0.4) is 0 Å². The largest absolute Gasteiger partial charge is 0.347 e. The average molecular weight is 355 g/mol. The normalized spacial score (nSPS) is 19.2. The van der Waals surface area contributed by atoms with Crippen LogP contribution in [0.1, 0.15) is 41.4 Å². The van der Waals surface area contributed by atoms with E-state index in [1.807, 2.05) is 21.7 Å². The molecule has 0 atom stereocenters. The van der Waals surface area contributed by atoms with Crippen LogP contribution in [-0.4, -0.2) is 52.7 Å². The Morgan fingerprint density at radius 2 is 1.81 bits per heavy atom. The second-order valence-corrected chi connectivity index (χ2v) is 7.01. The molecule has 2 aliphatic rings. The summed E-state index contributed by atoms with van der Waals surface area (Å²) in [5, 5.41) is 4.49. The SMILES string of the molecule is CCc1c(C(=O)N2CCC3(CC2)OCCO3)cnn1-c1ccc(C)cc1. The second kappa shape index (κ2) is 6.85. The molecule has 2 saturated heterocycles. The van der Waals surface area contributed by atoms with Gasteiger partial charge < -0.3 is 14.4 Å². The number of nitrogens with zero attached hydrogens (tertiary/aromatic N) is 3. The summed E-state index contributed by atoms with van der Waals surface area (Å²) in [7, 11) is 0. The summed E-state index contributed by atoms with van der Waals surface area (Å²) in [5.74, 6) is -0.413. The van der Waals surface area contributed by atoms with Gasteiger partial charge in [0.1, 0.15) is 0 Å². The van der Waals surface area contributed by atoms with Gasteiger partial charge >= 0.3 is 0 Å². The number of ether oxygens (including phenoxy) is 2. The Balaban J connectivity index is 1.54. The van der Waals surface area contributed by atoms with E-state index in [9.17, 15) is 4.79 Å². The fraction of sp³-hybridized carbons (Fsp3) is 0.500. The van der Waals surface area contributed by atoms with Crippen LogP contribution in [0.5, 0.6) is 0 Å². The van der Waals surface area contributed by atoms with Gasteiger partial charge in [-0.25, -0.2) is 4.68 Å². The number of likely N-dealkylation sites (tertiary alicyclic amines) is 1. The zero-order chi connectivity index (χ0) is 18.1. The first kappa shape index (κ1) is 17.2. The third kappa shape index (κ3) is 3.04. The average Bonchev–Trinajstić information content (AvgIpc) is 3.29. The van der Waals surface area contributed by atoms with Gasteiger partial charge in [-0.05, 0) is 25.5 Å². The van der Waals surface area contributed by atoms with E-state index in [1.54, 1.807) is 6.20 Å². The minimum Gasteiger partial charge on any atom is -0.347 e. The zero-order valence-electron chi connectivity index (χ0n) is 15.4. The number of carbonyl (C=O) groups excluding carboxylic acids is 1. The van der Waals surface area contributed by atoms with Crippen molar-refractivity contribution in [2.24, 2.45) is 0 Å². The molecule has 6 heteroatoms. The van der Waals surface area contributed by atoms with E-state index in [4.69, 9.17) is 9.47 Å². The van der Waals surface area contributed by atoms with Crippen LogP contribution in [0, 0.1) is 6.92 Å². The smallest absolute Gasteiger partial charge is 0.257 e. The van der Waals surface area contributed by atoms with Crippen LogP contribution < -0.4 is 0 Å². The van der Waals surface area contributed by atoms with Gasteiger partial charge in [0, 0.05) is 25.9 Å². The molecule has 0 aliphatic carbocycles. The zero-order valence-corrected chi connectivity index (χ0v) is 15.4. The first-order chi connectivity index (χ1) is 12.6. The summed E-state index contributed by atoms with van der Waals surface area (Å²) in [6, 6.07) is 8.19. The van der Waals surface area contributed by atoms with Crippen LogP contribution in [-0.2, 0) is 15.9 Å². The Labute approximate surface area is 153 Å². The number of hydrogen-bond acceptors (Lipinski definition) is 4. The van der Waals surface area contributed by atoms with E-state index >= 15 is 0 Å². The van der Waals surface area contributed by atoms with Gasteiger partial charge in [0.05, 0.1) is 36.4 Å². The molecule has 3 heterocycles. The van der Waals surface area contributed by atoms with E-state index < -0.39 is 5.79 Å². The van der Waals surface area contributed by atoms with Crippen molar-refractivity contribution < 1.29 is 14.3 Å². The van der Waals surface area contributed by atoms with Gasteiger partial charge in [-0.3, -0.25) is 4.79 Å². The highest BCUT2D eigenvalue weighted by Gasteiger charge is 2.41. The summed E-state index contributed by atoms with van der Waals surface area (Å²) in [6.07, 6.45) is 3.91. The van der Waals surface area contributed by atoms with Gasteiger partial charge in [0.25, 0.3) is 5.91 Å². The topological polar surface area (TPSA) is 56.6 Å². The number of hydrogen-bond donors (Lipinski definition) is 0. The van der Waals surface area contributed by atoms with Crippen LogP contribution >= 0.6 is 0 Å². The van der Waals surface area contributed by atoms with Gasteiger partial charge in [-0.15, -0.1) is 0 Å². The molecular weight excluding hydrogens is 330 g/mol. The number of benzene rings is 1. The molecule has 1 amide bonds. The summed E-state index contributed by atoms with van der Waals surface area (Å²) < 4.78 is 13.4. The molecule has 0 unspecified atom stereocenters. The summed E-state index contributed by atoms with van der Waals surface area (Å²) in [6.45, 7) is 6.72. The standard InChI is InChI=1S/C20H25N3O3/c1-3-18-17(14-21-23(18)16-6-4-15(2)5-7-16)19(24)22-10-8-20(9-11-22)25-12-13-26-20/h4-7,14H,3,8-13H2,1-2H3. The predicted molar refractivity (Wildman–Crippen MR) is 97.5 cm³/mol. The van der Waals surface area contributed by atoms with Gasteiger partial charge in [-0.2, -0.15) is 5.10 Å². The lowest BCUT2D eigenvalue weighted by Gasteiger charge is -2.37. The van der Waals surface area contributed by atoms with Crippen molar-refractivity contribution in [3.05, 3.63) is 47.3 Å². The Morgan fingerprint density at radius 1 is 1.15 bits per heavy atom. The summed E-state index contributed by atoms with van der Waals surface area (Å²) in [4.78, 5) is 15.0. The van der Waals surface area contributed by atoms with E-state index in [0.29, 0.717) is 31.9 Å². The van der Waals surface area contributed by atoms with Crippen LogP contribution in [0.15, 0.2) is 30.5 Å². The molecule has 138 valence electrons. The van der Waals surface area contributed by atoms with Gasteiger partial charge in [0.2, 0.25) is 0 Å². The molecule has 2 aromatic rings. The van der Waals surface area contributed by atoms with Crippen LogP contribution in [0.4, 0.5) is 0 Å². The lowest BCUT2D eigenvalue weighted by Crippen LogP contribution is -2.47. The number of aromatic nitrogens is 2. The molecule has 1 spiro atoms. The number of aryl methyl sites for hydroxylation is 1. The highest BCUT2D eigenvalue weighted by Crippen LogP contribution is 2.32. The molecule has 0 N–H and O–H groups in total. The third-order valence-electron chi connectivity index (χ3n) is 5.34. The van der Waals surface area contributed by atoms with Crippen LogP contribution in [0.25, 0.3) is 5.69 Å². The summed E-state index contributed by atoms with van der Waals surface area (Å²) in [5.41, 5.74) is 3.83. The van der Waals surface area contributed by atoms with Crippen molar-refractivity contribution in [3.63, 3.8) is 0 Å². The fourth-order valence-corrected chi connectivity index (χ4v) is 3.81. The van der Waals surface area contributed by atoms with Crippen molar-refractivity contribution in [3.8, 4) is 5.69 Å². The molecule has 6 nitrogen and oxygen atoms in total. The quantitative estimate of drug-likeness (QED) is 0.849. The second-order valence-electron chi connectivity index (χ2n) is 7.01. The van der Waals surface area contributed by atoms with Crippen molar-refractivity contribution in [2.75, 3.05) is 26.3 Å². The molecule has 1 aromatic carbocycles. The lowest BCUT2D eigenvalue weighted by molar-refractivity contribution is -0.181. The van der Waals surface area contributed by atoms with E-state index in [0.717, 1.165) is 30.6 Å². The Morgan fingerprint density at radius 3 is 2.42 bits per heavy atom. The van der Waals surface area contributed by atoms with Gasteiger partial charge in [-0.1, -0.05) is 24.6 Å². The van der Waals surface area contributed by atoms with Crippen molar-refractivity contribution in [2.45, 2.75) is 38.9 Å². The molecule has 0 bridgehead atoms. The molecule has 0 saturated carbocycles. The monoisotopic (exact) mass is 355 g/mol. The minimum absolute atomic E-state index is 0.0491.